The minimum Gasteiger partial charge on any atom is -0.313 e. The highest BCUT2D eigenvalue weighted by molar-refractivity contribution is 14.1. The average molecular weight is 301 g/mol. The summed E-state index contributed by atoms with van der Waals surface area (Å²) in [4.78, 5) is 12.1. The molecule has 2 rings (SSSR count). The predicted octanol–water partition coefficient (Wildman–Crippen LogP) is 3.07. The van der Waals surface area contributed by atoms with Crippen LogP contribution in [0.1, 0.15) is 24.2 Å². The lowest BCUT2D eigenvalue weighted by molar-refractivity contribution is 0.0842. The number of rotatable bonds is 0. The summed E-state index contributed by atoms with van der Waals surface area (Å²) in [6, 6.07) is 7.79. The first-order valence-electron chi connectivity index (χ1n) is 4.59. The van der Waals surface area contributed by atoms with Crippen LogP contribution >= 0.6 is 22.9 Å². The van der Waals surface area contributed by atoms with Crippen molar-refractivity contribution in [1.82, 2.24) is 0 Å². The molecule has 0 aromatic heterocycles. The highest BCUT2D eigenvalue weighted by Crippen LogP contribution is 2.37. The molecule has 1 heterocycles. The van der Waals surface area contributed by atoms with Crippen molar-refractivity contribution >= 4 is 34.3 Å². The van der Waals surface area contributed by atoms with Gasteiger partial charge in [-0.2, -0.15) is 0 Å². The minimum atomic E-state index is -0.268. The minimum absolute atomic E-state index is 0.251. The van der Waals surface area contributed by atoms with Gasteiger partial charge in [0, 0.05) is 17.5 Å². The molecular weight excluding hydrogens is 289 g/mol. The van der Waals surface area contributed by atoms with Gasteiger partial charge in [0.05, 0.1) is 28.6 Å². The van der Waals surface area contributed by atoms with E-state index in [1.165, 1.54) is 0 Å². The number of hydrogen-bond donors (Lipinski definition) is 0. The molecule has 0 saturated heterocycles. The van der Waals surface area contributed by atoms with E-state index in [0.717, 1.165) is 17.8 Å². The van der Waals surface area contributed by atoms with Crippen molar-refractivity contribution in [1.29, 1.82) is 0 Å². The van der Waals surface area contributed by atoms with Crippen LogP contribution in [0.4, 0.5) is 5.69 Å². The van der Waals surface area contributed by atoms with E-state index in [1.54, 1.807) is 0 Å². The number of anilines is 1. The second-order valence-corrected chi connectivity index (χ2v) is 5.42. The summed E-state index contributed by atoms with van der Waals surface area (Å²) < 4.78 is 2.12. The number of nitrogens with zero attached hydrogens (tertiary/aromatic N) is 1. The summed E-state index contributed by atoms with van der Waals surface area (Å²) in [6.07, 6.45) is 0. The number of halogens is 1. The highest BCUT2D eigenvalue weighted by atomic mass is 127. The monoisotopic (exact) mass is 301 g/mol. The van der Waals surface area contributed by atoms with Gasteiger partial charge in [0.2, 0.25) is 0 Å². The van der Waals surface area contributed by atoms with E-state index < -0.39 is 0 Å². The van der Waals surface area contributed by atoms with Crippen molar-refractivity contribution in [2.24, 2.45) is 5.41 Å². The third kappa shape index (κ3) is 1.43. The Bertz CT molecular complexity index is 387. The van der Waals surface area contributed by atoms with Crippen LogP contribution in [0.15, 0.2) is 24.3 Å². The van der Waals surface area contributed by atoms with Gasteiger partial charge in [-0.05, 0) is 12.1 Å². The third-order valence-corrected chi connectivity index (χ3v) is 3.42. The first kappa shape index (κ1) is 9.96. The van der Waals surface area contributed by atoms with Crippen molar-refractivity contribution in [2.75, 3.05) is 9.66 Å². The van der Waals surface area contributed by atoms with E-state index in [-0.39, 0.29) is 11.2 Å². The van der Waals surface area contributed by atoms with Crippen molar-refractivity contribution in [3.8, 4) is 0 Å². The Labute approximate surface area is 97.8 Å². The van der Waals surface area contributed by atoms with Crippen LogP contribution in [0.2, 0.25) is 0 Å². The van der Waals surface area contributed by atoms with Gasteiger partial charge in [-0.25, -0.2) is 0 Å². The lowest BCUT2D eigenvalue weighted by Crippen LogP contribution is -2.40. The van der Waals surface area contributed by atoms with Gasteiger partial charge in [-0.3, -0.25) is 4.79 Å². The zero-order valence-corrected chi connectivity index (χ0v) is 10.4. The fourth-order valence-electron chi connectivity index (χ4n) is 1.75. The summed E-state index contributed by atoms with van der Waals surface area (Å²) in [5, 5.41) is 0. The molecule has 0 saturated carbocycles. The molecule has 2 nitrogen and oxygen atoms in total. The predicted molar refractivity (Wildman–Crippen MR) is 65.9 cm³/mol. The number of hydrogen-bond acceptors (Lipinski definition) is 2. The molecule has 14 heavy (non-hydrogen) atoms. The Morgan fingerprint density at radius 1 is 1.36 bits per heavy atom. The summed E-state index contributed by atoms with van der Waals surface area (Å²) in [6.45, 7) is 4.78. The molecule has 0 atom stereocenters. The SMILES string of the molecule is CC1(C)CN(I)c2ccccc2C1=O. The fourth-order valence-corrected chi connectivity index (χ4v) is 3.02. The molecular formula is C11H12INO. The van der Waals surface area contributed by atoms with E-state index in [9.17, 15) is 4.79 Å². The van der Waals surface area contributed by atoms with E-state index in [1.807, 2.05) is 38.1 Å². The number of ketones is 1. The number of carbonyl (C=O) groups is 1. The van der Waals surface area contributed by atoms with Crippen LogP contribution in [0.5, 0.6) is 0 Å². The number of Topliss-reactive ketones (excluding diaryl/α,β-unsaturated/α-hetero) is 1. The standard InChI is InChI=1S/C11H12INO/c1-11(2)7-13(12)9-6-4-3-5-8(9)10(11)14/h3-6H,7H2,1-2H3. The van der Waals surface area contributed by atoms with Crippen LogP contribution in [0, 0.1) is 5.41 Å². The highest BCUT2D eigenvalue weighted by Gasteiger charge is 2.36. The zero-order chi connectivity index (χ0) is 10.3. The van der Waals surface area contributed by atoms with Gasteiger partial charge in [0.15, 0.2) is 5.78 Å². The zero-order valence-electron chi connectivity index (χ0n) is 8.25. The number of benzene rings is 1. The number of para-hydroxylation sites is 1. The van der Waals surface area contributed by atoms with Gasteiger partial charge in [0.1, 0.15) is 0 Å². The van der Waals surface area contributed by atoms with Gasteiger partial charge in [0.25, 0.3) is 0 Å². The van der Waals surface area contributed by atoms with Crippen molar-refractivity contribution in [3.05, 3.63) is 29.8 Å². The molecule has 1 aromatic rings. The van der Waals surface area contributed by atoms with Crippen LogP contribution in [-0.2, 0) is 0 Å². The third-order valence-electron chi connectivity index (χ3n) is 2.56. The van der Waals surface area contributed by atoms with Crippen molar-refractivity contribution < 1.29 is 4.79 Å². The topological polar surface area (TPSA) is 20.3 Å². The van der Waals surface area contributed by atoms with Crippen molar-refractivity contribution in [2.45, 2.75) is 13.8 Å². The summed E-state index contributed by atoms with van der Waals surface area (Å²) in [7, 11) is 0. The Kier molecular flexibility index (Phi) is 2.29. The molecule has 0 radical (unpaired) electrons. The smallest absolute Gasteiger partial charge is 0.172 e. The number of carbonyl (C=O) groups excluding carboxylic acids is 1. The molecule has 0 N–H and O–H groups in total. The van der Waals surface area contributed by atoms with Crippen LogP contribution < -0.4 is 3.11 Å². The van der Waals surface area contributed by atoms with Gasteiger partial charge < -0.3 is 3.11 Å². The maximum Gasteiger partial charge on any atom is 0.172 e. The molecule has 1 aliphatic rings. The summed E-state index contributed by atoms with van der Waals surface area (Å²) in [5.74, 6) is 0.251. The Hall–Kier alpha value is -0.580. The molecule has 0 fully saturated rings. The molecule has 0 amide bonds. The second kappa shape index (κ2) is 3.22. The molecule has 3 heteroatoms. The fraction of sp³-hybridized carbons (Fsp3) is 0.364. The lowest BCUT2D eigenvalue weighted by atomic mass is 9.81. The van der Waals surface area contributed by atoms with Crippen LogP contribution in [0.3, 0.4) is 0 Å². The molecule has 0 spiro atoms. The van der Waals surface area contributed by atoms with Crippen LogP contribution in [-0.4, -0.2) is 12.3 Å². The average Bonchev–Trinajstić information content (AvgIpc) is 2.14. The Balaban J connectivity index is 2.57. The van der Waals surface area contributed by atoms with Crippen LogP contribution in [0.25, 0.3) is 0 Å². The van der Waals surface area contributed by atoms with E-state index >= 15 is 0 Å². The summed E-state index contributed by atoms with van der Waals surface area (Å²) >= 11 is 2.26. The molecule has 1 aromatic carbocycles. The first-order valence-corrected chi connectivity index (χ1v) is 5.56. The van der Waals surface area contributed by atoms with Crippen molar-refractivity contribution in [3.63, 3.8) is 0 Å². The molecule has 0 bridgehead atoms. The summed E-state index contributed by atoms with van der Waals surface area (Å²) in [5.41, 5.74) is 1.62. The Morgan fingerprint density at radius 2 is 2.00 bits per heavy atom. The molecule has 74 valence electrons. The largest absolute Gasteiger partial charge is 0.313 e. The molecule has 0 unspecified atom stereocenters. The number of fused-ring (bicyclic) bond motifs is 1. The van der Waals surface area contributed by atoms with E-state index in [4.69, 9.17) is 0 Å². The van der Waals surface area contributed by atoms with Gasteiger partial charge in [-0.15, -0.1) is 0 Å². The first-order chi connectivity index (χ1) is 6.52. The van der Waals surface area contributed by atoms with E-state index in [0.29, 0.717) is 0 Å². The normalized spacial score (nSPS) is 19.4. The molecule has 0 aliphatic carbocycles. The Morgan fingerprint density at radius 3 is 2.71 bits per heavy atom. The quantitative estimate of drug-likeness (QED) is 0.542. The molecule has 1 aliphatic heterocycles. The lowest BCUT2D eigenvalue weighted by Gasteiger charge is -2.35. The van der Waals surface area contributed by atoms with Gasteiger partial charge in [-0.1, -0.05) is 26.0 Å². The second-order valence-electron chi connectivity index (χ2n) is 4.25. The van der Waals surface area contributed by atoms with Gasteiger partial charge >= 0.3 is 0 Å². The maximum absolute atomic E-state index is 12.1. The van der Waals surface area contributed by atoms with E-state index in [2.05, 4.69) is 26.0 Å². The maximum atomic E-state index is 12.1.